The van der Waals surface area contributed by atoms with Crippen LogP contribution in [0.2, 0.25) is 0 Å². The maximum Gasteiger partial charge on any atom is 0.240 e. The Morgan fingerprint density at radius 3 is 2.48 bits per heavy atom. The average molecular weight is 469 g/mol. The molecule has 8 nitrogen and oxygen atoms in total. The minimum absolute atomic E-state index is 0.0664. The standard InChI is InChI=1S/C24H28N4O4S/c1-30-17-8-9-18(22(14-17)32-3)19-16-33-24(25-19)26-23(29)15-27-10-12-28(13-11-27)20-6-4-5-7-21(20)31-2/h4-9,14,16H,10-13,15H2,1-3H3,(H,25,26,29). The number of para-hydroxylation sites is 2. The number of hydrogen-bond acceptors (Lipinski definition) is 8. The first-order valence-electron chi connectivity index (χ1n) is 10.7. The second-order valence-corrected chi connectivity index (χ2v) is 8.45. The number of rotatable bonds is 8. The number of thiazole rings is 1. The van der Waals surface area contributed by atoms with E-state index in [0.29, 0.717) is 23.2 Å². The van der Waals surface area contributed by atoms with Crippen molar-refractivity contribution in [3.8, 4) is 28.5 Å². The fourth-order valence-electron chi connectivity index (χ4n) is 3.86. The van der Waals surface area contributed by atoms with E-state index >= 15 is 0 Å². The van der Waals surface area contributed by atoms with Crippen molar-refractivity contribution in [3.05, 3.63) is 47.8 Å². The van der Waals surface area contributed by atoms with Crippen LogP contribution >= 0.6 is 11.3 Å². The summed E-state index contributed by atoms with van der Waals surface area (Å²) in [5.74, 6) is 2.19. The monoisotopic (exact) mass is 468 g/mol. The van der Waals surface area contributed by atoms with Gasteiger partial charge in [-0.25, -0.2) is 4.98 Å². The molecular weight excluding hydrogens is 440 g/mol. The van der Waals surface area contributed by atoms with Gasteiger partial charge in [0.2, 0.25) is 5.91 Å². The molecule has 0 spiro atoms. The predicted octanol–water partition coefficient (Wildman–Crippen LogP) is 3.60. The van der Waals surface area contributed by atoms with Gasteiger partial charge in [-0.1, -0.05) is 12.1 Å². The van der Waals surface area contributed by atoms with Gasteiger partial charge in [0.1, 0.15) is 17.2 Å². The van der Waals surface area contributed by atoms with Crippen LogP contribution in [0.25, 0.3) is 11.3 Å². The summed E-state index contributed by atoms with van der Waals surface area (Å²) >= 11 is 1.40. The van der Waals surface area contributed by atoms with Crippen LogP contribution in [-0.4, -0.2) is 69.8 Å². The molecule has 1 N–H and O–H groups in total. The highest BCUT2D eigenvalue weighted by atomic mass is 32.1. The Balaban J connectivity index is 1.32. The Morgan fingerprint density at radius 1 is 1.00 bits per heavy atom. The molecule has 2 aromatic carbocycles. The molecular formula is C24H28N4O4S. The molecule has 2 heterocycles. The van der Waals surface area contributed by atoms with Crippen LogP contribution in [0.3, 0.4) is 0 Å². The van der Waals surface area contributed by atoms with Crippen LogP contribution in [0.15, 0.2) is 47.8 Å². The second kappa shape index (κ2) is 10.5. The van der Waals surface area contributed by atoms with Gasteiger partial charge in [-0.3, -0.25) is 9.69 Å². The molecule has 0 bridgehead atoms. The number of carbonyl (C=O) groups is 1. The molecule has 1 aliphatic heterocycles. The molecule has 1 amide bonds. The quantitative estimate of drug-likeness (QED) is 0.541. The fourth-order valence-corrected chi connectivity index (χ4v) is 4.59. The van der Waals surface area contributed by atoms with E-state index in [9.17, 15) is 4.79 Å². The first-order valence-corrected chi connectivity index (χ1v) is 11.6. The highest BCUT2D eigenvalue weighted by molar-refractivity contribution is 7.14. The molecule has 9 heteroatoms. The molecule has 0 radical (unpaired) electrons. The van der Waals surface area contributed by atoms with Gasteiger partial charge in [0.25, 0.3) is 0 Å². The van der Waals surface area contributed by atoms with Crippen molar-refractivity contribution in [2.45, 2.75) is 0 Å². The topological polar surface area (TPSA) is 76.2 Å². The van der Waals surface area contributed by atoms with Gasteiger partial charge in [0.05, 0.1) is 39.3 Å². The maximum atomic E-state index is 12.6. The lowest BCUT2D eigenvalue weighted by atomic mass is 10.1. The number of amides is 1. The van der Waals surface area contributed by atoms with Crippen LogP contribution in [0.5, 0.6) is 17.2 Å². The minimum atomic E-state index is -0.0664. The first-order chi connectivity index (χ1) is 16.1. The molecule has 174 valence electrons. The third-order valence-electron chi connectivity index (χ3n) is 5.60. The SMILES string of the molecule is COc1ccc(-c2csc(NC(=O)CN3CCN(c4ccccc4OC)CC3)n2)c(OC)c1. The van der Waals surface area contributed by atoms with Crippen molar-refractivity contribution in [1.82, 2.24) is 9.88 Å². The summed E-state index contributed by atoms with van der Waals surface area (Å²) in [5.41, 5.74) is 2.69. The molecule has 0 saturated carbocycles. The highest BCUT2D eigenvalue weighted by Gasteiger charge is 2.21. The van der Waals surface area contributed by atoms with Crippen LogP contribution in [-0.2, 0) is 4.79 Å². The maximum absolute atomic E-state index is 12.6. The fraction of sp³-hybridized carbons (Fsp3) is 0.333. The number of ether oxygens (including phenoxy) is 3. The predicted molar refractivity (Wildman–Crippen MR) is 131 cm³/mol. The molecule has 4 rings (SSSR count). The zero-order valence-electron chi connectivity index (χ0n) is 19.0. The minimum Gasteiger partial charge on any atom is -0.497 e. The van der Waals surface area contributed by atoms with Gasteiger partial charge in [0.15, 0.2) is 5.13 Å². The number of anilines is 2. The normalized spacial score (nSPS) is 14.1. The Bertz CT molecular complexity index is 1100. The zero-order chi connectivity index (χ0) is 23.2. The molecule has 0 unspecified atom stereocenters. The molecule has 1 aromatic heterocycles. The van der Waals surface area contributed by atoms with Gasteiger partial charge >= 0.3 is 0 Å². The molecule has 0 aliphatic carbocycles. The number of aromatic nitrogens is 1. The van der Waals surface area contributed by atoms with Crippen LogP contribution in [0, 0.1) is 0 Å². The van der Waals surface area contributed by atoms with Crippen LogP contribution in [0.4, 0.5) is 10.8 Å². The number of methoxy groups -OCH3 is 3. The van der Waals surface area contributed by atoms with Crippen molar-refractivity contribution in [2.24, 2.45) is 0 Å². The largest absolute Gasteiger partial charge is 0.497 e. The number of hydrogen-bond donors (Lipinski definition) is 1. The van der Waals surface area contributed by atoms with Gasteiger partial charge in [-0.05, 0) is 24.3 Å². The lowest BCUT2D eigenvalue weighted by Crippen LogP contribution is -2.48. The van der Waals surface area contributed by atoms with Crippen molar-refractivity contribution >= 4 is 28.1 Å². The summed E-state index contributed by atoms with van der Waals surface area (Å²) in [6, 6.07) is 13.6. The van der Waals surface area contributed by atoms with Gasteiger partial charge in [0, 0.05) is 43.2 Å². The lowest BCUT2D eigenvalue weighted by Gasteiger charge is -2.36. The van der Waals surface area contributed by atoms with E-state index in [1.807, 2.05) is 41.8 Å². The summed E-state index contributed by atoms with van der Waals surface area (Å²) in [4.78, 5) is 21.6. The van der Waals surface area contributed by atoms with Crippen molar-refractivity contribution in [3.63, 3.8) is 0 Å². The molecule has 1 fully saturated rings. The lowest BCUT2D eigenvalue weighted by molar-refractivity contribution is -0.117. The summed E-state index contributed by atoms with van der Waals surface area (Å²) in [6.07, 6.45) is 0. The van der Waals surface area contributed by atoms with E-state index in [1.165, 1.54) is 11.3 Å². The average Bonchev–Trinajstić information content (AvgIpc) is 3.32. The molecule has 0 atom stereocenters. The summed E-state index contributed by atoms with van der Waals surface area (Å²) in [7, 11) is 4.92. The molecule has 1 saturated heterocycles. The van der Waals surface area contributed by atoms with Crippen molar-refractivity contribution in [2.75, 3.05) is 64.3 Å². The Labute approximate surface area is 197 Å². The number of carbonyl (C=O) groups excluding carboxylic acids is 1. The van der Waals surface area contributed by atoms with Crippen molar-refractivity contribution in [1.29, 1.82) is 0 Å². The summed E-state index contributed by atoms with van der Waals surface area (Å²) < 4.78 is 16.2. The second-order valence-electron chi connectivity index (χ2n) is 7.59. The van der Waals surface area contributed by atoms with Gasteiger partial charge < -0.3 is 24.4 Å². The summed E-state index contributed by atoms with van der Waals surface area (Å²) in [5, 5.41) is 5.41. The van der Waals surface area contributed by atoms with Crippen LogP contribution < -0.4 is 24.4 Å². The third-order valence-corrected chi connectivity index (χ3v) is 6.36. The van der Waals surface area contributed by atoms with E-state index in [1.54, 1.807) is 21.3 Å². The van der Waals surface area contributed by atoms with E-state index in [4.69, 9.17) is 14.2 Å². The van der Waals surface area contributed by atoms with E-state index < -0.39 is 0 Å². The number of benzene rings is 2. The van der Waals surface area contributed by atoms with E-state index in [2.05, 4.69) is 26.2 Å². The Hall–Kier alpha value is -3.30. The highest BCUT2D eigenvalue weighted by Crippen LogP contribution is 2.35. The molecule has 33 heavy (non-hydrogen) atoms. The van der Waals surface area contributed by atoms with E-state index in [0.717, 1.165) is 48.9 Å². The smallest absolute Gasteiger partial charge is 0.240 e. The van der Waals surface area contributed by atoms with Crippen molar-refractivity contribution < 1.29 is 19.0 Å². The number of nitrogens with one attached hydrogen (secondary N) is 1. The number of nitrogens with zero attached hydrogens (tertiary/aromatic N) is 3. The van der Waals surface area contributed by atoms with E-state index in [-0.39, 0.29) is 5.91 Å². The molecule has 1 aliphatic rings. The summed E-state index contributed by atoms with van der Waals surface area (Å²) in [6.45, 7) is 3.62. The van der Waals surface area contributed by atoms with Crippen LogP contribution in [0.1, 0.15) is 0 Å². The zero-order valence-corrected chi connectivity index (χ0v) is 19.9. The number of piperazine rings is 1. The van der Waals surface area contributed by atoms with Gasteiger partial charge in [-0.2, -0.15) is 0 Å². The van der Waals surface area contributed by atoms with Gasteiger partial charge in [-0.15, -0.1) is 11.3 Å². The first kappa shape index (κ1) is 22.9. The Morgan fingerprint density at radius 2 is 1.76 bits per heavy atom. The molecule has 3 aromatic rings. The Kier molecular flexibility index (Phi) is 7.31. The third kappa shape index (κ3) is 5.37.